The van der Waals surface area contributed by atoms with Gasteiger partial charge in [-0.25, -0.2) is 0 Å². The van der Waals surface area contributed by atoms with Crippen LogP contribution in [-0.4, -0.2) is 32.6 Å². The van der Waals surface area contributed by atoms with E-state index in [9.17, 15) is 13.8 Å². The number of fused-ring (bicyclic) bond motifs is 5. The van der Waals surface area contributed by atoms with Crippen LogP contribution in [0.15, 0.2) is 11.6 Å². The number of Topliss-reactive ketones (excluding diaryl/α,β-unsaturated/α-hetero) is 1. The third-order valence-corrected chi connectivity index (χ3v) is 13.2. The van der Waals surface area contributed by atoms with E-state index < -0.39 is 10.8 Å². The van der Waals surface area contributed by atoms with Crippen LogP contribution < -0.4 is 0 Å². The van der Waals surface area contributed by atoms with Crippen LogP contribution in [0.3, 0.4) is 0 Å². The molecule has 0 N–H and O–H groups in total. The van der Waals surface area contributed by atoms with E-state index in [1.54, 1.807) is 6.92 Å². The summed E-state index contributed by atoms with van der Waals surface area (Å²) in [6.45, 7) is 8.11. The van der Waals surface area contributed by atoms with Crippen molar-refractivity contribution >= 4 is 22.6 Å². The van der Waals surface area contributed by atoms with E-state index in [2.05, 4.69) is 19.9 Å². The molecule has 4 nitrogen and oxygen atoms in total. The minimum absolute atomic E-state index is 0.0152. The van der Waals surface area contributed by atoms with Crippen molar-refractivity contribution in [2.24, 2.45) is 34.5 Å². The second-order valence-electron chi connectivity index (χ2n) is 12.7. The topological polar surface area (TPSA) is 60.4 Å². The molecule has 0 saturated heterocycles. The van der Waals surface area contributed by atoms with Gasteiger partial charge in [0, 0.05) is 40.6 Å². The Hall–Kier alpha value is -0.970. The molecule has 0 spiro atoms. The third kappa shape index (κ3) is 3.96. The highest BCUT2D eigenvalue weighted by molar-refractivity contribution is 7.86. The van der Waals surface area contributed by atoms with Crippen LogP contribution in [0.25, 0.3) is 0 Å². The molecule has 4 saturated carbocycles. The summed E-state index contributed by atoms with van der Waals surface area (Å²) in [6, 6.07) is 0. The smallest absolute Gasteiger partial charge is 0.302 e. The van der Waals surface area contributed by atoms with E-state index in [0.717, 1.165) is 57.8 Å². The first-order chi connectivity index (χ1) is 16.1. The monoisotopic (exact) mass is 488 g/mol. The van der Waals surface area contributed by atoms with Crippen LogP contribution in [0.5, 0.6) is 0 Å². The van der Waals surface area contributed by atoms with Crippen molar-refractivity contribution < 1.29 is 18.5 Å². The van der Waals surface area contributed by atoms with Gasteiger partial charge in [0.05, 0.1) is 0 Å². The van der Waals surface area contributed by atoms with Crippen LogP contribution in [0, 0.1) is 34.5 Å². The Kier molecular flexibility index (Phi) is 6.66. The quantitative estimate of drug-likeness (QED) is 0.352. The predicted molar refractivity (Wildman–Crippen MR) is 136 cm³/mol. The molecule has 0 aromatic carbocycles. The second-order valence-corrected chi connectivity index (χ2v) is 14.7. The van der Waals surface area contributed by atoms with Crippen LogP contribution in [0.2, 0.25) is 0 Å². The van der Waals surface area contributed by atoms with Gasteiger partial charge >= 0.3 is 5.97 Å². The molecule has 0 aliphatic heterocycles. The zero-order valence-corrected chi connectivity index (χ0v) is 22.5. The highest BCUT2D eigenvalue weighted by Crippen LogP contribution is 2.67. The number of ether oxygens (including phenoxy) is 1. The first-order valence-corrected chi connectivity index (χ1v) is 15.2. The van der Waals surface area contributed by atoms with Crippen LogP contribution >= 0.6 is 0 Å². The standard InChI is InChI=1S/C29H44O4S/c1-18(30)27-26(34(32)22-8-6-5-7-9-22)17-25-23-11-10-20-16-21(33-19(2)31)12-14-28(20,3)24(23)13-15-29(25,27)4/h10,21-27H,5-9,11-17H2,1-4H3/t21-,23?,24?,25?,26+,27-,28-,29-,34?/m0/s1. The molecule has 5 rings (SSSR count). The zero-order valence-electron chi connectivity index (χ0n) is 21.6. The molecule has 0 radical (unpaired) electrons. The molecule has 0 amide bonds. The average Bonchev–Trinajstić information content (AvgIpc) is 3.12. The summed E-state index contributed by atoms with van der Waals surface area (Å²) >= 11 is 0. The Morgan fingerprint density at radius 2 is 1.74 bits per heavy atom. The summed E-state index contributed by atoms with van der Waals surface area (Å²) in [5.41, 5.74) is 1.66. The minimum Gasteiger partial charge on any atom is -0.462 e. The molecular weight excluding hydrogens is 444 g/mol. The molecule has 4 unspecified atom stereocenters. The van der Waals surface area contributed by atoms with E-state index in [0.29, 0.717) is 23.0 Å². The summed E-state index contributed by atoms with van der Waals surface area (Å²) in [5, 5.41) is 0.347. The molecule has 9 atom stereocenters. The number of rotatable bonds is 4. The maximum atomic E-state index is 13.9. The van der Waals surface area contributed by atoms with E-state index in [4.69, 9.17) is 4.74 Å². The van der Waals surface area contributed by atoms with E-state index in [1.807, 2.05) is 0 Å². The van der Waals surface area contributed by atoms with E-state index in [1.165, 1.54) is 31.8 Å². The molecule has 0 aromatic heterocycles. The fourth-order valence-electron chi connectivity index (χ4n) is 9.45. The fraction of sp³-hybridized carbons (Fsp3) is 0.862. The molecule has 0 aromatic rings. The lowest BCUT2D eigenvalue weighted by atomic mass is 9.47. The van der Waals surface area contributed by atoms with Gasteiger partial charge < -0.3 is 4.74 Å². The normalized spacial score (nSPS) is 45.4. The van der Waals surface area contributed by atoms with Gasteiger partial charge in [-0.05, 0) is 86.9 Å². The fourth-order valence-corrected chi connectivity index (χ4v) is 11.9. The Bertz CT molecular complexity index is 889. The van der Waals surface area contributed by atoms with Crippen molar-refractivity contribution in [3.05, 3.63) is 11.6 Å². The van der Waals surface area contributed by atoms with Crippen molar-refractivity contribution in [3.8, 4) is 0 Å². The lowest BCUT2D eigenvalue weighted by Crippen LogP contribution is -2.51. The molecule has 34 heavy (non-hydrogen) atoms. The molecular formula is C29H44O4S. The summed E-state index contributed by atoms with van der Waals surface area (Å²) in [5.74, 6) is 1.75. The van der Waals surface area contributed by atoms with Crippen molar-refractivity contribution in [2.45, 2.75) is 121 Å². The Morgan fingerprint density at radius 3 is 2.41 bits per heavy atom. The van der Waals surface area contributed by atoms with Gasteiger partial charge in [-0.3, -0.25) is 13.8 Å². The maximum Gasteiger partial charge on any atom is 0.302 e. The summed E-state index contributed by atoms with van der Waals surface area (Å²) < 4.78 is 19.5. The molecule has 190 valence electrons. The van der Waals surface area contributed by atoms with Gasteiger partial charge in [0.1, 0.15) is 11.9 Å². The van der Waals surface area contributed by atoms with Crippen LogP contribution in [-0.2, 0) is 25.1 Å². The third-order valence-electron chi connectivity index (χ3n) is 11.0. The molecule has 0 heterocycles. The minimum atomic E-state index is -0.901. The highest BCUT2D eigenvalue weighted by Gasteiger charge is 2.63. The van der Waals surface area contributed by atoms with Crippen LogP contribution in [0.4, 0.5) is 0 Å². The average molecular weight is 489 g/mol. The maximum absolute atomic E-state index is 13.9. The first kappa shape index (κ1) is 24.7. The van der Waals surface area contributed by atoms with Crippen molar-refractivity contribution in [2.75, 3.05) is 0 Å². The van der Waals surface area contributed by atoms with Crippen molar-refractivity contribution in [1.82, 2.24) is 0 Å². The number of carbonyl (C=O) groups is 2. The number of esters is 1. The van der Waals surface area contributed by atoms with Gasteiger partial charge in [0.2, 0.25) is 0 Å². The Morgan fingerprint density at radius 1 is 1.00 bits per heavy atom. The second kappa shape index (κ2) is 9.16. The van der Waals surface area contributed by atoms with Gasteiger partial charge in [-0.15, -0.1) is 0 Å². The number of hydrogen-bond donors (Lipinski definition) is 0. The summed E-state index contributed by atoms with van der Waals surface area (Å²) in [6.07, 6.45) is 15.5. The highest BCUT2D eigenvalue weighted by atomic mass is 32.2. The summed E-state index contributed by atoms with van der Waals surface area (Å²) in [7, 11) is -0.901. The van der Waals surface area contributed by atoms with Gasteiger partial charge in [-0.2, -0.15) is 0 Å². The van der Waals surface area contributed by atoms with Crippen molar-refractivity contribution in [3.63, 3.8) is 0 Å². The molecule has 4 fully saturated rings. The summed E-state index contributed by atoms with van der Waals surface area (Å²) in [4.78, 5) is 24.6. The number of hydrogen-bond acceptors (Lipinski definition) is 4. The predicted octanol–water partition coefficient (Wildman–Crippen LogP) is 6.15. The molecule has 5 heteroatoms. The molecule has 5 aliphatic rings. The number of ketones is 1. The lowest BCUT2D eigenvalue weighted by molar-refractivity contribution is -0.149. The largest absolute Gasteiger partial charge is 0.462 e. The van der Waals surface area contributed by atoms with E-state index >= 15 is 0 Å². The van der Waals surface area contributed by atoms with Gasteiger partial charge in [0.25, 0.3) is 0 Å². The lowest BCUT2D eigenvalue weighted by Gasteiger charge is -2.58. The SMILES string of the molecule is CC(=O)O[C@H]1CC[C@@]2(C)C(=CCC3C2CC[C@@]2(C)C3C[C@@H](S(=O)C3CCCCC3)[C@@H]2C(C)=O)C1. The first-order valence-electron chi connectivity index (χ1n) is 13.9. The van der Waals surface area contributed by atoms with Crippen LogP contribution in [0.1, 0.15) is 105 Å². The Labute approximate surface area is 208 Å². The molecule has 5 aliphatic carbocycles. The molecule has 0 bridgehead atoms. The van der Waals surface area contributed by atoms with E-state index in [-0.39, 0.29) is 39.9 Å². The zero-order chi connectivity index (χ0) is 24.3. The number of carbonyl (C=O) groups excluding carboxylic acids is 2. The number of allylic oxidation sites excluding steroid dienone is 1. The van der Waals surface area contributed by atoms with Crippen molar-refractivity contribution in [1.29, 1.82) is 0 Å². The van der Waals surface area contributed by atoms with Gasteiger partial charge in [-0.1, -0.05) is 44.8 Å². The Balaban J connectivity index is 1.41. The van der Waals surface area contributed by atoms with Gasteiger partial charge in [0.15, 0.2) is 0 Å².